The number of ether oxygens (including phenoxy) is 1. The molecule has 1 saturated heterocycles. The molecule has 2 amide bonds. The number of halogens is 3. The number of rotatable bonds is 5. The number of alkyl halides is 3. The molecule has 7 nitrogen and oxygen atoms in total. The molecule has 1 aliphatic rings. The second kappa shape index (κ2) is 8.03. The number of aromatic nitrogens is 2. The van der Waals surface area contributed by atoms with Crippen LogP contribution in [0.4, 0.5) is 18.9 Å². The van der Waals surface area contributed by atoms with Crippen LogP contribution in [0.25, 0.3) is 11.0 Å². The molecule has 4 rings (SSSR count). The maximum atomic E-state index is 13.3. The third kappa shape index (κ3) is 4.38. The number of likely N-dealkylation sites (tertiary alicyclic amines) is 1. The summed E-state index contributed by atoms with van der Waals surface area (Å²) < 4.78 is 44.6. The van der Waals surface area contributed by atoms with E-state index in [1.54, 1.807) is 0 Å². The van der Waals surface area contributed by atoms with Crippen molar-refractivity contribution in [3.05, 3.63) is 59.4 Å². The van der Waals surface area contributed by atoms with E-state index in [4.69, 9.17) is 0 Å². The van der Waals surface area contributed by atoms with E-state index < -0.39 is 23.6 Å². The molecule has 0 bridgehead atoms. The lowest BCUT2D eigenvalue weighted by Gasteiger charge is -2.38. The Morgan fingerprint density at radius 3 is 2.65 bits per heavy atom. The summed E-state index contributed by atoms with van der Waals surface area (Å²) in [6.07, 6.45) is -4.66. The fourth-order valence-electron chi connectivity index (χ4n) is 3.48. The molecule has 0 radical (unpaired) electrons. The van der Waals surface area contributed by atoms with Crippen LogP contribution < -0.4 is 5.32 Å². The molecule has 31 heavy (non-hydrogen) atoms. The quantitative estimate of drug-likeness (QED) is 0.647. The predicted octanol–water partition coefficient (Wildman–Crippen LogP) is 3.41. The summed E-state index contributed by atoms with van der Waals surface area (Å²) in [6, 6.07) is 10.4. The number of carbonyl (C=O) groups is 2. The lowest BCUT2D eigenvalue weighted by molar-refractivity contribution is -0.137. The number of hydrogen-bond acceptors (Lipinski definition) is 4. The van der Waals surface area contributed by atoms with E-state index in [1.807, 2.05) is 24.3 Å². The normalized spacial score (nSPS) is 14.5. The van der Waals surface area contributed by atoms with Crippen LogP contribution in [0.3, 0.4) is 0 Å². The Balaban J connectivity index is 1.51. The highest BCUT2D eigenvalue weighted by atomic mass is 19.4. The molecule has 1 aromatic heterocycles. The van der Waals surface area contributed by atoms with Crippen LogP contribution in [0, 0.1) is 0 Å². The van der Waals surface area contributed by atoms with Crippen molar-refractivity contribution in [3.63, 3.8) is 0 Å². The number of amides is 2. The first-order chi connectivity index (χ1) is 14.7. The van der Waals surface area contributed by atoms with Crippen LogP contribution in [-0.2, 0) is 15.7 Å². The van der Waals surface area contributed by atoms with Gasteiger partial charge in [-0.3, -0.25) is 9.59 Å². The molecular weight excluding hydrogens is 413 g/mol. The highest BCUT2D eigenvalue weighted by molar-refractivity contribution is 5.98. The zero-order chi connectivity index (χ0) is 22.2. The van der Waals surface area contributed by atoms with Gasteiger partial charge in [0.25, 0.3) is 5.91 Å². The van der Waals surface area contributed by atoms with Crippen molar-refractivity contribution >= 4 is 28.5 Å². The Bertz CT molecular complexity index is 1100. The molecule has 2 N–H and O–H groups in total. The number of nitrogens with one attached hydrogen (secondary N) is 2. The third-order valence-electron chi connectivity index (χ3n) is 5.03. The molecule has 0 spiro atoms. The van der Waals surface area contributed by atoms with E-state index in [1.165, 1.54) is 18.1 Å². The molecule has 2 aromatic carbocycles. The number of methoxy groups -OCH3 is 1. The minimum absolute atomic E-state index is 0.0250. The van der Waals surface area contributed by atoms with Gasteiger partial charge in [-0.15, -0.1) is 0 Å². The molecule has 10 heteroatoms. The van der Waals surface area contributed by atoms with Crippen LogP contribution in [0.2, 0.25) is 0 Å². The molecule has 0 unspecified atom stereocenters. The van der Waals surface area contributed by atoms with E-state index in [2.05, 4.69) is 20.0 Å². The minimum Gasteiger partial charge on any atom is -0.375 e. The number of aromatic amines is 1. The summed E-state index contributed by atoms with van der Waals surface area (Å²) in [4.78, 5) is 33.7. The number of anilines is 1. The van der Waals surface area contributed by atoms with Crippen molar-refractivity contribution in [2.75, 3.05) is 32.1 Å². The fourth-order valence-corrected chi connectivity index (χ4v) is 3.48. The Labute approximate surface area is 175 Å². The number of fused-ring (bicyclic) bond motifs is 1. The van der Waals surface area contributed by atoms with Crippen molar-refractivity contribution in [2.45, 2.75) is 12.1 Å². The summed E-state index contributed by atoms with van der Waals surface area (Å²) in [5, 5.41) is 2.33. The van der Waals surface area contributed by atoms with Gasteiger partial charge >= 0.3 is 6.18 Å². The molecular formula is C21H19F3N4O3. The first kappa shape index (κ1) is 20.9. The predicted molar refractivity (Wildman–Crippen MR) is 107 cm³/mol. The van der Waals surface area contributed by atoms with Gasteiger partial charge in [0.2, 0.25) is 5.91 Å². The van der Waals surface area contributed by atoms with Gasteiger partial charge in [-0.1, -0.05) is 12.1 Å². The number of para-hydroxylation sites is 2. The Kier molecular flexibility index (Phi) is 5.40. The summed E-state index contributed by atoms with van der Waals surface area (Å²) in [7, 11) is 1.29. The van der Waals surface area contributed by atoms with Crippen molar-refractivity contribution in [2.24, 2.45) is 0 Å². The summed E-state index contributed by atoms with van der Waals surface area (Å²) in [5.41, 5.74) is 0.425. The van der Waals surface area contributed by atoms with Crippen LogP contribution in [0.1, 0.15) is 27.7 Å². The topological polar surface area (TPSA) is 87.3 Å². The summed E-state index contributed by atoms with van der Waals surface area (Å²) in [5.74, 6) is -0.445. The first-order valence-corrected chi connectivity index (χ1v) is 9.49. The number of imidazole rings is 1. The lowest BCUT2D eigenvalue weighted by Crippen LogP contribution is -2.48. The molecule has 3 aromatic rings. The van der Waals surface area contributed by atoms with Gasteiger partial charge < -0.3 is 19.9 Å². The zero-order valence-electron chi connectivity index (χ0n) is 16.5. The highest BCUT2D eigenvalue weighted by Crippen LogP contribution is 2.34. The van der Waals surface area contributed by atoms with Gasteiger partial charge in [-0.2, -0.15) is 13.2 Å². The SMILES string of the molecule is COCC(=O)Nc1cc(C(=O)N2CC(c3nc4ccccc4[nH]3)C2)cc(C(F)(F)F)c1. The second-order valence-electron chi connectivity index (χ2n) is 7.32. The van der Waals surface area contributed by atoms with E-state index in [9.17, 15) is 22.8 Å². The molecule has 2 heterocycles. The van der Waals surface area contributed by atoms with Crippen molar-refractivity contribution < 1.29 is 27.5 Å². The maximum absolute atomic E-state index is 13.3. The third-order valence-corrected chi connectivity index (χ3v) is 5.03. The largest absolute Gasteiger partial charge is 0.416 e. The number of hydrogen-bond donors (Lipinski definition) is 2. The number of nitrogens with zero attached hydrogens (tertiary/aromatic N) is 2. The zero-order valence-corrected chi connectivity index (χ0v) is 16.5. The van der Waals surface area contributed by atoms with Crippen LogP contribution >= 0.6 is 0 Å². The molecule has 0 aliphatic carbocycles. The average molecular weight is 432 g/mol. The number of H-pyrrole nitrogens is 1. The van der Waals surface area contributed by atoms with E-state index >= 15 is 0 Å². The van der Waals surface area contributed by atoms with Crippen molar-refractivity contribution in [3.8, 4) is 0 Å². The smallest absolute Gasteiger partial charge is 0.375 e. The second-order valence-corrected chi connectivity index (χ2v) is 7.32. The Hall–Kier alpha value is -3.40. The van der Waals surface area contributed by atoms with Crippen molar-refractivity contribution in [1.29, 1.82) is 0 Å². The fraction of sp³-hybridized carbons (Fsp3) is 0.286. The van der Waals surface area contributed by atoms with E-state index in [-0.39, 0.29) is 23.8 Å². The first-order valence-electron chi connectivity index (χ1n) is 9.49. The number of carbonyl (C=O) groups excluding carboxylic acids is 2. The van der Waals surface area contributed by atoms with E-state index in [0.717, 1.165) is 29.0 Å². The van der Waals surface area contributed by atoms with Gasteiger partial charge in [0.15, 0.2) is 0 Å². The molecule has 0 saturated carbocycles. The average Bonchev–Trinajstić information content (AvgIpc) is 3.09. The Morgan fingerprint density at radius 1 is 1.23 bits per heavy atom. The maximum Gasteiger partial charge on any atom is 0.416 e. The van der Waals surface area contributed by atoms with Crippen LogP contribution in [-0.4, -0.2) is 53.5 Å². The summed E-state index contributed by atoms with van der Waals surface area (Å²) in [6.45, 7) is 0.353. The van der Waals surface area contributed by atoms with Gasteiger partial charge in [0.1, 0.15) is 12.4 Å². The standard InChI is InChI=1S/C21H19F3N4O3/c1-31-11-18(29)25-15-7-12(6-14(8-15)21(22,23)24)20(30)28-9-13(10-28)19-26-16-4-2-3-5-17(16)27-19/h2-8,13H,9-11H2,1H3,(H,25,29)(H,26,27). The highest BCUT2D eigenvalue weighted by Gasteiger charge is 2.36. The summed E-state index contributed by atoms with van der Waals surface area (Å²) >= 11 is 0. The molecule has 162 valence electrons. The van der Waals surface area contributed by atoms with Gasteiger partial charge in [0, 0.05) is 31.5 Å². The number of benzene rings is 2. The molecule has 0 atom stereocenters. The van der Waals surface area contributed by atoms with Gasteiger partial charge in [-0.05, 0) is 30.3 Å². The monoisotopic (exact) mass is 432 g/mol. The van der Waals surface area contributed by atoms with Crippen LogP contribution in [0.15, 0.2) is 42.5 Å². The molecule has 1 fully saturated rings. The van der Waals surface area contributed by atoms with E-state index in [0.29, 0.717) is 13.1 Å². The minimum atomic E-state index is -4.66. The van der Waals surface area contributed by atoms with Gasteiger partial charge in [-0.25, -0.2) is 4.98 Å². The van der Waals surface area contributed by atoms with Crippen LogP contribution in [0.5, 0.6) is 0 Å². The molecule has 1 aliphatic heterocycles. The lowest BCUT2D eigenvalue weighted by atomic mass is 9.97. The Morgan fingerprint density at radius 2 is 1.97 bits per heavy atom. The van der Waals surface area contributed by atoms with Gasteiger partial charge in [0.05, 0.1) is 22.5 Å². The van der Waals surface area contributed by atoms with Crippen molar-refractivity contribution in [1.82, 2.24) is 14.9 Å².